The molecule has 48 heavy (non-hydrogen) atoms. The lowest BCUT2D eigenvalue weighted by Gasteiger charge is -2.28. The number of carbonyl (C=O) groups is 2. The van der Waals surface area contributed by atoms with E-state index in [9.17, 15) is 9.59 Å². The number of nitrogens with zero attached hydrogens (tertiary/aromatic N) is 4. The van der Waals surface area contributed by atoms with Gasteiger partial charge in [-0.1, -0.05) is 54.1 Å². The smallest absolute Gasteiger partial charge is 0.429 e. The van der Waals surface area contributed by atoms with E-state index in [0.717, 1.165) is 38.9 Å². The van der Waals surface area contributed by atoms with E-state index in [2.05, 4.69) is 17.2 Å². The minimum absolute atomic E-state index is 0.223. The molecule has 0 aliphatic rings. The van der Waals surface area contributed by atoms with Crippen LogP contribution < -0.4 is 9.75 Å². The van der Waals surface area contributed by atoms with Crippen molar-refractivity contribution >= 4 is 45.3 Å². The highest BCUT2D eigenvalue weighted by Crippen LogP contribution is 2.42. The summed E-state index contributed by atoms with van der Waals surface area (Å²) in [4.78, 5) is 28.0. The molecule has 9 nitrogen and oxygen atoms in total. The number of carbonyl (C=O) groups excluding carboxylic acids is 2. The van der Waals surface area contributed by atoms with Crippen LogP contribution in [0.2, 0.25) is 5.02 Å². The van der Waals surface area contributed by atoms with Gasteiger partial charge >= 0.3 is 12.1 Å². The van der Waals surface area contributed by atoms with Crippen LogP contribution in [-0.2, 0) is 22.9 Å². The van der Waals surface area contributed by atoms with Crippen molar-refractivity contribution in [1.82, 2.24) is 14.5 Å². The lowest BCUT2D eigenvalue weighted by Crippen LogP contribution is -2.43. The number of rotatable bonds is 8. The Morgan fingerprint density at radius 3 is 2.19 bits per heavy atom. The van der Waals surface area contributed by atoms with Crippen molar-refractivity contribution in [2.24, 2.45) is 7.05 Å². The lowest BCUT2D eigenvalue weighted by molar-refractivity contribution is 0.00564. The van der Waals surface area contributed by atoms with Crippen molar-refractivity contribution in [1.29, 1.82) is 0 Å². The molecule has 0 bridgehead atoms. The second kappa shape index (κ2) is 13.2. The Labute approximate surface area is 287 Å². The van der Waals surface area contributed by atoms with Gasteiger partial charge in [-0.15, -0.1) is 0 Å². The topological polar surface area (TPSA) is 87.8 Å². The molecule has 0 atom stereocenters. The predicted molar refractivity (Wildman–Crippen MR) is 192 cm³/mol. The first-order valence-corrected chi connectivity index (χ1v) is 16.5. The van der Waals surface area contributed by atoms with E-state index >= 15 is 0 Å². The Morgan fingerprint density at radius 1 is 0.875 bits per heavy atom. The molecule has 0 fully saturated rings. The number of aromatic nitrogens is 3. The minimum Gasteiger partial charge on any atom is -0.493 e. The molecule has 10 heteroatoms. The van der Waals surface area contributed by atoms with Crippen LogP contribution in [0.4, 0.5) is 4.79 Å². The fourth-order valence-corrected chi connectivity index (χ4v) is 6.27. The Balaban J connectivity index is 1.70. The zero-order chi connectivity index (χ0) is 35.1. The number of esters is 1. The van der Waals surface area contributed by atoms with Crippen LogP contribution in [0.5, 0.6) is 5.75 Å². The van der Waals surface area contributed by atoms with Gasteiger partial charge in [0.15, 0.2) is 5.69 Å². The molecule has 254 valence electrons. The summed E-state index contributed by atoms with van der Waals surface area (Å²) < 4.78 is 21.5. The van der Waals surface area contributed by atoms with Crippen LogP contribution in [0.25, 0.3) is 32.8 Å². The number of fused-ring (bicyclic) bond motifs is 2. The monoisotopic (exact) mass is 672 g/mol. The van der Waals surface area contributed by atoms with E-state index in [0.29, 0.717) is 41.1 Å². The van der Waals surface area contributed by atoms with Gasteiger partial charge in [-0.2, -0.15) is 5.10 Å². The van der Waals surface area contributed by atoms with Gasteiger partial charge in [0.05, 0.1) is 22.8 Å². The van der Waals surface area contributed by atoms with E-state index in [1.807, 2.05) is 84.1 Å². The van der Waals surface area contributed by atoms with Gasteiger partial charge in [0.1, 0.15) is 17.0 Å². The highest BCUT2D eigenvalue weighted by atomic mass is 35.5. The second-order valence-electron chi connectivity index (χ2n) is 14.1. The third-order valence-electron chi connectivity index (χ3n) is 8.05. The van der Waals surface area contributed by atoms with E-state index in [4.69, 9.17) is 25.8 Å². The highest BCUT2D eigenvalue weighted by molar-refractivity contribution is 6.35. The summed E-state index contributed by atoms with van der Waals surface area (Å²) in [5.41, 5.74) is 3.09. The quantitative estimate of drug-likeness (QED) is 0.121. The zero-order valence-electron chi connectivity index (χ0n) is 29.5. The molecule has 0 unspecified atom stereocenters. The maximum Gasteiger partial charge on any atom is 0.429 e. The SMILES string of the molecule is Cc1nn(C)c(C)c1-c1c(Cl)ccc2c(CCCOc3cccc4ccccc34)c(C(=O)OC(C)(C)C)n(N(C)C(=O)OC(C)(C)C)c12. The van der Waals surface area contributed by atoms with E-state index in [1.165, 1.54) is 5.01 Å². The van der Waals surface area contributed by atoms with Crippen LogP contribution in [0.3, 0.4) is 0 Å². The highest BCUT2D eigenvalue weighted by Gasteiger charge is 2.34. The maximum atomic E-state index is 14.3. The molecule has 0 aliphatic heterocycles. The molecular formula is C38H45ClN4O5. The van der Waals surface area contributed by atoms with Crippen molar-refractivity contribution in [3.8, 4) is 16.9 Å². The second-order valence-corrected chi connectivity index (χ2v) is 14.5. The summed E-state index contributed by atoms with van der Waals surface area (Å²) in [5.74, 6) is 0.227. The summed E-state index contributed by atoms with van der Waals surface area (Å²) in [6.07, 6.45) is 0.398. The number of aryl methyl sites for hydroxylation is 3. The average Bonchev–Trinajstić information content (AvgIpc) is 3.45. The van der Waals surface area contributed by atoms with Gasteiger partial charge < -0.3 is 14.2 Å². The van der Waals surface area contributed by atoms with Crippen molar-refractivity contribution in [3.63, 3.8) is 0 Å². The van der Waals surface area contributed by atoms with Gasteiger partial charge in [0.2, 0.25) is 0 Å². The van der Waals surface area contributed by atoms with Crippen LogP contribution >= 0.6 is 11.6 Å². The van der Waals surface area contributed by atoms with Crippen molar-refractivity contribution in [3.05, 3.63) is 82.3 Å². The Morgan fingerprint density at radius 2 is 1.54 bits per heavy atom. The number of halogens is 1. The molecule has 0 saturated carbocycles. The molecule has 0 aliphatic carbocycles. The molecule has 0 spiro atoms. The van der Waals surface area contributed by atoms with E-state index in [1.54, 1.807) is 37.2 Å². The van der Waals surface area contributed by atoms with Crippen molar-refractivity contribution in [2.45, 2.75) is 79.4 Å². The lowest BCUT2D eigenvalue weighted by atomic mass is 9.98. The van der Waals surface area contributed by atoms with Crippen LogP contribution in [0.1, 0.15) is 75.4 Å². The van der Waals surface area contributed by atoms with Gasteiger partial charge in [-0.05, 0) is 91.3 Å². The van der Waals surface area contributed by atoms with Crippen molar-refractivity contribution < 1.29 is 23.8 Å². The molecule has 2 heterocycles. The first-order chi connectivity index (χ1) is 22.5. The van der Waals surface area contributed by atoms with Crippen LogP contribution in [-0.4, -0.2) is 51.4 Å². The molecule has 1 amide bonds. The zero-order valence-corrected chi connectivity index (χ0v) is 30.3. The fraction of sp³-hybridized carbons (Fsp3) is 0.395. The largest absolute Gasteiger partial charge is 0.493 e. The molecule has 3 aromatic carbocycles. The summed E-state index contributed by atoms with van der Waals surface area (Å²) in [6.45, 7) is 15.1. The molecule has 0 radical (unpaired) electrons. The number of ether oxygens (including phenoxy) is 3. The average molecular weight is 673 g/mol. The van der Waals surface area contributed by atoms with Gasteiger partial charge in [0, 0.05) is 41.7 Å². The third-order valence-corrected chi connectivity index (χ3v) is 8.36. The summed E-state index contributed by atoms with van der Waals surface area (Å²) >= 11 is 7.02. The first kappa shape index (κ1) is 34.8. The molecular weight excluding hydrogens is 628 g/mol. The number of amides is 1. The molecule has 2 aromatic heterocycles. The van der Waals surface area contributed by atoms with Gasteiger partial charge in [0.25, 0.3) is 0 Å². The van der Waals surface area contributed by atoms with Gasteiger partial charge in [-0.3, -0.25) is 4.68 Å². The standard InChI is InChI=1S/C38H45ClN4O5/c1-23-31(24(2)41(9)40-23)32-29(39)21-20-28-27(18-14-22-46-30-19-13-16-25-15-11-12-17-26(25)30)34(35(44)47-37(3,4)5)43(33(28)32)42(10)36(45)48-38(6,7)8/h11-13,15-17,19-21H,14,18,22H2,1-10H3. The van der Waals surface area contributed by atoms with Crippen LogP contribution in [0, 0.1) is 13.8 Å². The fourth-order valence-electron chi connectivity index (χ4n) is 6.02. The molecule has 5 rings (SSSR count). The molecule has 5 aromatic rings. The maximum absolute atomic E-state index is 14.3. The number of hydrogen-bond donors (Lipinski definition) is 0. The minimum atomic E-state index is -0.797. The van der Waals surface area contributed by atoms with Crippen molar-refractivity contribution in [2.75, 3.05) is 18.7 Å². The normalized spacial score (nSPS) is 12.1. The Bertz CT molecular complexity index is 2010. The molecule has 0 N–H and O–H groups in total. The van der Waals surface area contributed by atoms with E-state index < -0.39 is 23.3 Å². The Kier molecular flexibility index (Phi) is 9.57. The van der Waals surface area contributed by atoms with E-state index in [-0.39, 0.29) is 5.69 Å². The number of hydrogen-bond acceptors (Lipinski definition) is 6. The first-order valence-electron chi connectivity index (χ1n) is 16.2. The summed E-state index contributed by atoms with van der Waals surface area (Å²) in [7, 11) is 3.46. The van der Waals surface area contributed by atoms with Gasteiger partial charge in [-0.25, -0.2) is 19.3 Å². The summed E-state index contributed by atoms with van der Waals surface area (Å²) in [6, 6.07) is 17.8. The van der Waals surface area contributed by atoms with Crippen LogP contribution in [0.15, 0.2) is 54.6 Å². The predicted octanol–water partition coefficient (Wildman–Crippen LogP) is 8.94. The third kappa shape index (κ3) is 7.02. The Hall–Kier alpha value is -4.50. The number of benzene rings is 3. The summed E-state index contributed by atoms with van der Waals surface area (Å²) in [5, 5.41) is 9.33. The molecule has 0 saturated heterocycles.